The fourth-order valence-corrected chi connectivity index (χ4v) is 3.63. The highest BCUT2D eigenvalue weighted by molar-refractivity contribution is 7.13. The summed E-state index contributed by atoms with van der Waals surface area (Å²) in [6, 6.07) is 4.04. The number of carbonyl (C=O) groups is 1. The van der Waals surface area contributed by atoms with Crippen molar-refractivity contribution < 1.29 is 9.90 Å². The van der Waals surface area contributed by atoms with E-state index in [0.717, 1.165) is 17.1 Å². The minimum Gasteiger partial charge on any atom is -0.396 e. The summed E-state index contributed by atoms with van der Waals surface area (Å²) in [6.45, 7) is 4.28. The first kappa shape index (κ1) is 15.2. The van der Waals surface area contributed by atoms with Crippen LogP contribution in [0.5, 0.6) is 0 Å². The van der Waals surface area contributed by atoms with Gasteiger partial charge in [0.1, 0.15) is 4.88 Å². The van der Waals surface area contributed by atoms with Gasteiger partial charge in [0.05, 0.1) is 10.7 Å². The average Bonchev–Trinajstić information content (AvgIpc) is 3.03. The molecule has 108 valence electrons. The van der Waals surface area contributed by atoms with E-state index in [1.807, 2.05) is 31.4 Å². The Morgan fingerprint density at radius 2 is 2.30 bits per heavy atom. The molecule has 20 heavy (non-hydrogen) atoms. The lowest BCUT2D eigenvalue weighted by molar-refractivity contribution is 0.0943. The van der Waals surface area contributed by atoms with Crippen LogP contribution in [0.1, 0.15) is 25.3 Å². The number of aromatic nitrogens is 1. The van der Waals surface area contributed by atoms with Crippen molar-refractivity contribution in [3.63, 3.8) is 0 Å². The number of aliphatic hydroxyl groups excluding tert-OH is 1. The molecule has 0 saturated heterocycles. The minimum atomic E-state index is -0.0993. The van der Waals surface area contributed by atoms with Crippen LogP contribution < -0.4 is 5.32 Å². The molecule has 0 aliphatic carbocycles. The third-order valence-corrected chi connectivity index (χ3v) is 4.96. The number of rotatable bonds is 6. The molecule has 0 aliphatic rings. The lowest BCUT2D eigenvalue weighted by Gasteiger charge is -2.13. The van der Waals surface area contributed by atoms with E-state index in [9.17, 15) is 9.90 Å². The number of thiazole rings is 1. The number of amides is 1. The molecule has 4 nitrogen and oxygen atoms in total. The van der Waals surface area contributed by atoms with Gasteiger partial charge in [-0.3, -0.25) is 4.79 Å². The molecule has 1 atom stereocenters. The van der Waals surface area contributed by atoms with Gasteiger partial charge in [-0.05, 0) is 31.7 Å². The molecule has 2 rings (SSSR count). The van der Waals surface area contributed by atoms with Gasteiger partial charge in [-0.1, -0.05) is 6.07 Å². The maximum absolute atomic E-state index is 12.1. The predicted octanol–water partition coefficient (Wildman–Crippen LogP) is 2.40. The van der Waals surface area contributed by atoms with Gasteiger partial charge in [-0.15, -0.1) is 22.7 Å². The number of thiophene rings is 1. The first-order chi connectivity index (χ1) is 9.60. The smallest absolute Gasteiger partial charge is 0.263 e. The van der Waals surface area contributed by atoms with E-state index >= 15 is 0 Å². The molecule has 0 spiro atoms. The summed E-state index contributed by atoms with van der Waals surface area (Å²) in [5, 5.41) is 15.2. The van der Waals surface area contributed by atoms with Crippen molar-refractivity contribution in [2.24, 2.45) is 5.92 Å². The van der Waals surface area contributed by atoms with Crippen LogP contribution in [0.25, 0.3) is 0 Å². The molecule has 2 heterocycles. The van der Waals surface area contributed by atoms with Gasteiger partial charge in [-0.2, -0.15) is 0 Å². The van der Waals surface area contributed by atoms with Crippen molar-refractivity contribution in [1.29, 1.82) is 0 Å². The Morgan fingerprint density at radius 3 is 2.85 bits per heavy atom. The van der Waals surface area contributed by atoms with Crippen molar-refractivity contribution in [2.75, 3.05) is 13.2 Å². The van der Waals surface area contributed by atoms with E-state index < -0.39 is 0 Å². The number of carbonyl (C=O) groups excluding carboxylic acids is 1. The van der Waals surface area contributed by atoms with Crippen LogP contribution in [0.4, 0.5) is 0 Å². The van der Waals surface area contributed by atoms with Crippen LogP contribution >= 0.6 is 22.7 Å². The molecule has 2 aromatic rings. The lowest BCUT2D eigenvalue weighted by atomic mass is 10.1. The van der Waals surface area contributed by atoms with Crippen molar-refractivity contribution in [3.05, 3.63) is 38.0 Å². The quantitative estimate of drug-likeness (QED) is 0.861. The monoisotopic (exact) mass is 310 g/mol. The van der Waals surface area contributed by atoms with Crippen LogP contribution in [0.15, 0.2) is 17.5 Å². The molecular formula is C14H18N2O2S2. The van der Waals surface area contributed by atoms with Crippen molar-refractivity contribution in [3.8, 4) is 0 Å². The molecule has 0 aromatic carbocycles. The molecule has 0 saturated carbocycles. The highest BCUT2D eigenvalue weighted by atomic mass is 32.1. The average molecular weight is 310 g/mol. The Hall–Kier alpha value is -1.24. The maximum Gasteiger partial charge on any atom is 0.263 e. The van der Waals surface area contributed by atoms with E-state index in [0.29, 0.717) is 11.4 Å². The fraction of sp³-hybridized carbons (Fsp3) is 0.429. The van der Waals surface area contributed by atoms with Crippen LogP contribution in [-0.4, -0.2) is 29.1 Å². The molecule has 0 aliphatic heterocycles. The van der Waals surface area contributed by atoms with Gasteiger partial charge < -0.3 is 10.4 Å². The zero-order chi connectivity index (χ0) is 14.5. The first-order valence-corrected chi connectivity index (χ1v) is 8.15. The summed E-state index contributed by atoms with van der Waals surface area (Å²) < 4.78 is 0. The number of aliphatic hydroxyl groups is 1. The topological polar surface area (TPSA) is 62.2 Å². The van der Waals surface area contributed by atoms with Gasteiger partial charge in [0, 0.05) is 23.9 Å². The molecule has 2 aromatic heterocycles. The molecule has 0 fully saturated rings. The second kappa shape index (κ2) is 6.97. The normalized spacial score (nSPS) is 12.3. The van der Waals surface area contributed by atoms with Gasteiger partial charge in [-0.25, -0.2) is 4.98 Å². The van der Waals surface area contributed by atoms with Gasteiger partial charge in [0.25, 0.3) is 5.91 Å². The highest BCUT2D eigenvalue weighted by Gasteiger charge is 2.16. The summed E-state index contributed by atoms with van der Waals surface area (Å²) in [6.07, 6.45) is 0.787. The standard InChI is InChI=1S/C14H18N2O2S2/c1-9-13(20-10(2)16-9)14(18)15-7-11(8-17)6-12-4-3-5-19-12/h3-5,11,17H,6-8H2,1-2H3,(H,15,18). The molecule has 2 N–H and O–H groups in total. The third-order valence-electron chi connectivity index (χ3n) is 2.99. The van der Waals surface area contributed by atoms with E-state index in [2.05, 4.69) is 10.3 Å². The highest BCUT2D eigenvalue weighted by Crippen LogP contribution is 2.17. The molecule has 0 bridgehead atoms. The molecule has 1 amide bonds. The minimum absolute atomic E-state index is 0.0481. The molecule has 6 heteroatoms. The predicted molar refractivity (Wildman–Crippen MR) is 82.5 cm³/mol. The second-order valence-corrected chi connectivity index (χ2v) is 6.92. The van der Waals surface area contributed by atoms with E-state index in [4.69, 9.17) is 0 Å². The Labute approximate surface area is 126 Å². The van der Waals surface area contributed by atoms with Gasteiger partial charge in [0.15, 0.2) is 0 Å². The maximum atomic E-state index is 12.1. The SMILES string of the molecule is Cc1nc(C)c(C(=O)NCC(CO)Cc2cccs2)s1. The van der Waals surface area contributed by atoms with Crippen LogP contribution in [-0.2, 0) is 6.42 Å². The summed E-state index contributed by atoms with van der Waals surface area (Å²) in [7, 11) is 0. The van der Waals surface area contributed by atoms with Gasteiger partial charge in [0.2, 0.25) is 0 Å². The Kier molecular flexibility index (Phi) is 5.28. The van der Waals surface area contributed by atoms with Crippen molar-refractivity contribution in [2.45, 2.75) is 20.3 Å². The number of hydrogen-bond acceptors (Lipinski definition) is 5. The van der Waals surface area contributed by atoms with Crippen LogP contribution in [0, 0.1) is 19.8 Å². The largest absolute Gasteiger partial charge is 0.396 e. The number of aryl methyl sites for hydroxylation is 2. The summed E-state index contributed by atoms with van der Waals surface area (Å²) in [5.74, 6) is -0.0512. The van der Waals surface area contributed by atoms with Crippen molar-refractivity contribution in [1.82, 2.24) is 10.3 Å². The zero-order valence-electron chi connectivity index (χ0n) is 11.5. The molecule has 0 radical (unpaired) electrons. The number of nitrogens with one attached hydrogen (secondary N) is 1. The Morgan fingerprint density at radius 1 is 1.50 bits per heavy atom. The zero-order valence-corrected chi connectivity index (χ0v) is 13.2. The second-order valence-electron chi connectivity index (χ2n) is 4.69. The fourth-order valence-electron chi connectivity index (χ4n) is 1.97. The molecule has 1 unspecified atom stereocenters. The summed E-state index contributed by atoms with van der Waals surface area (Å²) >= 11 is 3.07. The van der Waals surface area contributed by atoms with Crippen molar-refractivity contribution >= 4 is 28.6 Å². The van der Waals surface area contributed by atoms with E-state index in [1.165, 1.54) is 16.2 Å². The first-order valence-electron chi connectivity index (χ1n) is 6.45. The number of nitrogens with zero attached hydrogens (tertiary/aromatic N) is 1. The Balaban J connectivity index is 1.89. The van der Waals surface area contributed by atoms with E-state index in [-0.39, 0.29) is 18.4 Å². The third kappa shape index (κ3) is 3.88. The van der Waals surface area contributed by atoms with Crippen LogP contribution in [0.2, 0.25) is 0 Å². The lowest BCUT2D eigenvalue weighted by Crippen LogP contribution is -2.31. The molecular weight excluding hydrogens is 292 g/mol. The van der Waals surface area contributed by atoms with Crippen LogP contribution in [0.3, 0.4) is 0 Å². The Bertz CT molecular complexity index is 564. The summed E-state index contributed by atoms with van der Waals surface area (Å²) in [5.41, 5.74) is 0.767. The van der Waals surface area contributed by atoms with E-state index in [1.54, 1.807) is 11.3 Å². The van der Waals surface area contributed by atoms with Gasteiger partial charge >= 0.3 is 0 Å². The summed E-state index contributed by atoms with van der Waals surface area (Å²) in [4.78, 5) is 18.2. The number of hydrogen-bond donors (Lipinski definition) is 2.